The van der Waals surface area contributed by atoms with Gasteiger partial charge in [0, 0.05) is 30.0 Å². The number of furan rings is 1. The van der Waals surface area contributed by atoms with E-state index in [1.54, 1.807) is 11.2 Å². The molecule has 2 aromatic rings. The number of amides is 2. The number of carbonyl (C=O) groups is 3. The molecule has 7 heteroatoms. The van der Waals surface area contributed by atoms with Gasteiger partial charge in [0.25, 0.3) is 5.91 Å². The summed E-state index contributed by atoms with van der Waals surface area (Å²) in [5.74, 6) is -1.24. The highest BCUT2D eigenvalue weighted by molar-refractivity contribution is 5.89. The summed E-state index contributed by atoms with van der Waals surface area (Å²) in [5, 5.41) is 0.884. The monoisotopic (exact) mass is 372 g/mol. The SMILES string of the molecule is Cc1ccc2c(CC(=O)OCC(=O)N3CCC(C(N)=O)CC3)coc2c1C. The summed E-state index contributed by atoms with van der Waals surface area (Å²) >= 11 is 0. The molecule has 0 unspecified atom stereocenters. The van der Waals surface area contributed by atoms with E-state index in [-0.39, 0.29) is 30.8 Å². The number of hydrogen-bond acceptors (Lipinski definition) is 5. The van der Waals surface area contributed by atoms with E-state index < -0.39 is 5.97 Å². The van der Waals surface area contributed by atoms with Crippen LogP contribution in [0.15, 0.2) is 22.8 Å². The van der Waals surface area contributed by atoms with Crippen LogP contribution in [0, 0.1) is 19.8 Å². The lowest BCUT2D eigenvalue weighted by Crippen LogP contribution is -2.43. The number of piperidine rings is 1. The molecule has 0 aliphatic carbocycles. The highest BCUT2D eigenvalue weighted by Gasteiger charge is 2.26. The molecule has 0 saturated carbocycles. The number of ether oxygens (including phenoxy) is 1. The number of nitrogens with zero attached hydrogens (tertiary/aromatic N) is 1. The Morgan fingerprint density at radius 2 is 1.93 bits per heavy atom. The van der Waals surface area contributed by atoms with Gasteiger partial charge in [-0.2, -0.15) is 0 Å². The molecule has 2 heterocycles. The van der Waals surface area contributed by atoms with Crippen LogP contribution in [0.3, 0.4) is 0 Å². The summed E-state index contributed by atoms with van der Waals surface area (Å²) < 4.78 is 10.7. The quantitative estimate of drug-likeness (QED) is 0.807. The van der Waals surface area contributed by atoms with E-state index in [0.717, 1.165) is 27.7 Å². The average molecular weight is 372 g/mol. The first-order chi connectivity index (χ1) is 12.9. The molecule has 1 aromatic heterocycles. The van der Waals surface area contributed by atoms with Gasteiger partial charge in [-0.1, -0.05) is 12.1 Å². The van der Waals surface area contributed by atoms with E-state index in [0.29, 0.717) is 25.9 Å². The number of primary amides is 1. The number of carbonyl (C=O) groups excluding carboxylic acids is 3. The van der Waals surface area contributed by atoms with Crippen LogP contribution in [0.4, 0.5) is 0 Å². The number of esters is 1. The molecule has 0 atom stereocenters. The van der Waals surface area contributed by atoms with Crippen LogP contribution in [0.1, 0.15) is 29.5 Å². The normalized spacial score (nSPS) is 15.1. The van der Waals surface area contributed by atoms with Crippen LogP contribution >= 0.6 is 0 Å². The summed E-state index contributed by atoms with van der Waals surface area (Å²) in [7, 11) is 0. The molecule has 2 amide bonds. The van der Waals surface area contributed by atoms with Crippen LogP contribution in [0.5, 0.6) is 0 Å². The minimum atomic E-state index is -0.476. The predicted molar refractivity (Wildman–Crippen MR) is 98.8 cm³/mol. The largest absolute Gasteiger partial charge is 0.464 e. The fraction of sp³-hybridized carbons (Fsp3) is 0.450. The third kappa shape index (κ3) is 4.13. The Balaban J connectivity index is 1.52. The molecule has 3 rings (SSSR count). The van der Waals surface area contributed by atoms with Crippen molar-refractivity contribution in [3.63, 3.8) is 0 Å². The lowest BCUT2D eigenvalue weighted by atomic mass is 9.96. The number of rotatable bonds is 5. The molecule has 0 radical (unpaired) electrons. The Bertz CT molecular complexity index is 878. The van der Waals surface area contributed by atoms with Crippen LogP contribution in [-0.2, 0) is 25.5 Å². The lowest BCUT2D eigenvalue weighted by molar-refractivity contribution is -0.152. The molecule has 2 N–H and O–H groups in total. The molecule has 144 valence electrons. The van der Waals surface area contributed by atoms with Crippen molar-refractivity contribution in [3.05, 3.63) is 35.1 Å². The fourth-order valence-corrected chi connectivity index (χ4v) is 3.38. The maximum Gasteiger partial charge on any atom is 0.310 e. The van der Waals surface area contributed by atoms with Crippen molar-refractivity contribution >= 4 is 28.8 Å². The van der Waals surface area contributed by atoms with Crippen molar-refractivity contribution in [1.82, 2.24) is 4.90 Å². The highest BCUT2D eigenvalue weighted by atomic mass is 16.5. The van der Waals surface area contributed by atoms with Gasteiger partial charge < -0.3 is 19.8 Å². The minimum Gasteiger partial charge on any atom is -0.464 e. The van der Waals surface area contributed by atoms with Crippen molar-refractivity contribution in [2.75, 3.05) is 19.7 Å². The molecular weight excluding hydrogens is 348 g/mol. The second-order valence-electron chi connectivity index (χ2n) is 7.04. The van der Waals surface area contributed by atoms with Gasteiger partial charge in [0.05, 0.1) is 12.7 Å². The zero-order valence-corrected chi connectivity index (χ0v) is 15.6. The third-order valence-electron chi connectivity index (χ3n) is 5.28. The van der Waals surface area contributed by atoms with Gasteiger partial charge in [0.1, 0.15) is 5.58 Å². The Hall–Kier alpha value is -2.83. The van der Waals surface area contributed by atoms with Crippen LogP contribution in [0.25, 0.3) is 11.0 Å². The first kappa shape index (κ1) is 18.9. The van der Waals surface area contributed by atoms with Crippen molar-refractivity contribution in [2.45, 2.75) is 33.1 Å². The number of hydrogen-bond donors (Lipinski definition) is 1. The number of nitrogens with two attached hydrogens (primary N) is 1. The molecule has 1 aliphatic heterocycles. The van der Waals surface area contributed by atoms with E-state index in [1.165, 1.54) is 0 Å². The van der Waals surface area contributed by atoms with E-state index in [9.17, 15) is 14.4 Å². The van der Waals surface area contributed by atoms with E-state index in [1.807, 2.05) is 26.0 Å². The van der Waals surface area contributed by atoms with Crippen molar-refractivity contribution in [1.29, 1.82) is 0 Å². The fourth-order valence-electron chi connectivity index (χ4n) is 3.38. The second kappa shape index (κ2) is 7.82. The first-order valence-electron chi connectivity index (χ1n) is 9.05. The van der Waals surface area contributed by atoms with Crippen molar-refractivity contribution in [3.8, 4) is 0 Å². The highest BCUT2D eigenvalue weighted by Crippen LogP contribution is 2.27. The average Bonchev–Trinajstić information content (AvgIpc) is 3.06. The van der Waals surface area contributed by atoms with Gasteiger partial charge in [-0.15, -0.1) is 0 Å². The van der Waals surface area contributed by atoms with Gasteiger partial charge in [-0.3, -0.25) is 14.4 Å². The Morgan fingerprint density at radius 1 is 1.22 bits per heavy atom. The Kier molecular flexibility index (Phi) is 5.48. The van der Waals surface area contributed by atoms with Gasteiger partial charge >= 0.3 is 5.97 Å². The van der Waals surface area contributed by atoms with Crippen LogP contribution < -0.4 is 5.73 Å². The van der Waals surface area contributed by atoms with Crippen LogP contribution in [-0.4, -0.2) is 42.4 Å². The molecule has 1 fully saturated rings. The lowest BCUT2D eigenvalue weighted by Gasteiger charge is -2.30. The van der Waals surface area contributed by atoms with Crippen molar-refractivity contribution < 1.29 is 23.5 Å². The summed E-state index contributed by atoms with van der Waals surface area (Å²) in [4.78, 5) is 37.1. The summed E-state index contributed by atoms with van der Waals surface area (Å²) in [6.45, 7) is 4.59. The second-order valence-corrected chi connectivity index (χ2v) is 7.04. The predicted octanol–water partition coefficient (Wildman–Crippen LogP) is 1.86. The zero-order valence-electron chi connectivity index (χ0n) is 15.6. The molecule has 1 aliphatic rings. The third-order valence-corrected chi connectivity index (χ3v) is 5.28. The van der Waals surface area contributed by atoms with Gasteiger partial charge in [-0.25, -0.2) is 0 Å². The number of likely N-dealkylation sites (tertiary alicyclic amines) is 1. The molecule has 0 bridgehead atoms. The van der Waals surface area contributed by atoms with E-state index in [4.69, 9.17) is 14.9 Å². The summed E-state index contributed by atoms with van der Waals surface area (Å²) in [6, 6.07) is 3.92. The molecular formula is C20H24N2O5. The van der Waals surface area contributed by atoms with Gasteiger partial charge in [-0.05, 0) is 37.8 Å². The number of benzene rings is 1. The molecule has 7 nitrogen and oxygen atoms in total. The Labute approximate surface area is 157 Å². The molecule has 1 saturated heterocycles. The van der Waals surface area contributed by atoms with Gasteiger partial charge in [0.15, 0.2) is 6.61 Å². The van der Waals surface area contributed by atoms with Crippen LogP contribution in [0.2, 0.25) is 0 Å². The molecule has 27 heavy (non-hydrogen) atoms. The topological polar surface area (TPSA) is 103 Å². The maximum atomic E-state index is 12.2. The number of fused-ring (bicyclic) bond motifs is 1. The minimum absolute atomic E-state index is 0.0481. The first-order valence-corrected chi connectivity index (χ1v) is 9.05. The van der Waals surface area contributed by atoms with Crippen molar-refractivity contribution in [2.24, 2.45) is 11.7 Å². The van der Waals surface area contributed by atoms with Gasteiger partial charge in [0.2, 0.25) is 5.91 Å². The smallest absolute Gasteiger partial charge is 0.310 e. The molecule has 1 aromatic carbocycles. The number of aryl methyl sites for hydroxylation is 2. The maximum absolute atomic E-state index is 12.2. The van der Waals surface area contributed by atoms with E-state index in [2.05, 4.69) is 0 Å². The zero-order chi connectivity index (χ0) is 19.6. The summed E-state index contributed by atoms with van der Waals surface area (Å²) in [6.07, 6.45) is 2.71. The summed E-state index contributed by atoms with van der Waals surface area (Å²) in [5.41, 5.74) is 8.97. The Morgan fingerprint density at radius 3 is 2.59 bits per heavy atom. The molecule has 0 spiro atoms. The standard InChI is InChI=1S/C20H24N2O5/c1-12-3-4-16-15(10-27-19(16)13(12)2)9-18(24)26-11-17(23)22-7-5-14(6-8-22)20(21)25/h3-4,10,14H,5-9,11H2,1-2H3,(H2,21,25). The van der Waals surface area contributed by atoms with E-state index >= 15 is 0 Å².